The second-order valence-corrected chi connectivity index (χ2v) is 4.70. The van der Waals surface area contributed by atoms with Gasteiger partial charge in [0.25, 0.3) is 5.91 Å². The van der Waals surface area contributed by atoms with Gasteiger partial charge in [0.2, 0.25) is 5.76 Å². The molecule has 2 rings (SSSR count). The van der Waals surface area contributed by atoms with Crippen LogP contribution in [-0.4, -0.2) is 28.5 Å². The number of hydrogen-bond acceptors (Lipinski definition) is 7. The Hall–Kier alpha value is -2.22. The van der Waals surface area contributed by atoms with Gasteiger partial charge in [0.15, 0.2) is 11.5 Å². The Morgan fingerprint density at radius 3 is 2.95 bits per heavy atom. The van der Waals surface area contributed by atoms with E-state index in [2.05, 4.69) is 15.3 Å². The van der Waals surface area contributed by atoms with Crippen LogP contribution >= 0.6 is 11.3 Å². The van der Waals surface area contributed by atoms with E-state index >= 15 is 0 Å². The largest absolute Gasteiger partial charge is 0.466 e. The number of rotatable bonds is 5. The van der Waals surface area contributed by atoms with Gasteiger partial charge in [-0.15, -0.1) is 11.3 Å². The second kappa shape index (κ2) is 6.29. The number of aromatic nitrogens is 2. The molecule has 2 heterocycles. The lowest BCUT2D eigenvalue weighted by atomic mass is 10.3. The van der Waals surface area contributed by atoms with Crippen LogP contribution in [0.1, 0.15) is 28.9 Å². The Kier molecular flexibility index (Phi) is 4.46. The number of carbonyl (C=O) groups excluding carboxylic acids is 2. The minimum Gasteiger partial charge on any atom is -0.466 e. The number of esters is 1. The summed E-state index contributed by atoms with van der Waals surface area (Å²) in [5.41, 5.74) is 1.06. The van der Waals surface area contributed by atoms with Crippen LogP contribution in [0.5, 0.6) is 0 Å². The van der Waals surface area contributed by atoms with Crippen molar-refractivity contribution in [3.8, 4) is 0 Å². The van der Waals surface area contributed by atoms with Crippen LogP contribution in [-0.2, 0) is 16.0 Å². The average molecular weight is 295 g/mol. The van der Waals surface area contributed by atoms with Crippen LogP contribution < -0.4 is 5.32 Å². The molecule has 20 heavy (non-hydrogen) atoms. The van der Waals surface area contributed by atoms with Crippen molar-refractivity contribution in [2.75, 3.05) is 11.9 Å². The van der Waals surface area contributed by atoms with Gasteiger partial charge < -0.3 is 9.15 Å². The smallest absolute Gasteiger partial charge is 0.311 e. The summed E-state index contributed by atoms with van der Waals surface area (Å²) in [4.78, 5) is 31.1. The third-order valence-electron chi connectivity index (χ3n) is 2.35. The van der Waals surface area contributed by atoms with Gasteiger partial charge in [0, 0.05) is 5.38 Å². The zero-order valence-corrected chi connectivity index (χ0v) is 11.8. The Morgan fingerprint density at radius 2 is 2.30 bits per heavy atom. The highest BCUT2D eigenvalue weighted by Gasteiger charge is 2.16. The number of thiazole rings is 1. The molecule has 0 atom stereocenters. The molecular weight excluding hydrogens is 282 g/mol. The summed E-state index contributed by atoms with van der Waals surface area (Å²) in [6.07, 6.45) is 1.29. The van der Waals surface area contributed by atoms with Crippen molar-refractivity contribution in [1.82, 2.24) is 9.97 Å². The molecule has 0 fully saturated rings. The van der Waals surface area contributed by atoms with Crippen LogP contribution in [0.25, 0.3) is 0 Å². The molecule has 2 aromatic heterocycles. The second-order valence-electron chi connectivity index (χ2n) is 3.85. The van der Waals surface area contributed by atoms with E-state index in [9.17, 15) is 9.59 Å². The van der Waals surface area contributed by atoms with Gasteiger partial charge in [0.1, 0.15) is 0 Å². The van der Waals surface area contributed by atoms with Crippen LogP contribution in [0.15, 0.2) is 16.2 Å². The number of oxazole rings is 1. The Bertz CT molecular complexity index is 620. The number of amides is 1. The zero-order chi connectivity index (χ0) is 14.5. The molecule has 0 radical (unpaired) electrons. The summed E-state index contributed by atoms with van der Waals surface area (Å²) in [6, 6.07) is 0. The van der Waals surface area contributed by atoms with Crippen molar-refractivity contribution in [2.45, 2.75) is 20.3 Å². The number of nitrogens with one attached hydrogen (secondary N) is 1. The van der Waals surface area contributed by atoms with Gasteiger partial charge in [-0.05, 0) is 13.8 Å². The van der Waals surface area contributed by atoms with Gasteiger partial charge >= 0.3 is 5.97 Å². The van der Waals surface area contributed by atoms with Crippen molar-refractivity contribution in [2.24, 2.45) is 0 Å². The summed E-state index contributed by atoms with van der Waals surface area (Å²) in [5, 5.41) is 4.68. The average Bonchev–Trinajstić information content (AvgIpc) is 2.99. The van der Waals surface area contributed by atoms with Gasteiger partial charge in [0.05, 0.1) is 24.4 Å². The number of nitrogens with zero attached hydrogens (tertiary/aromatic N) is 2. The monoisotopic (exact) mass is 295 g/mol. The van der Waals surface area contributed by atoms with E-state index in [4.69, 9.17) is 9.15 Å². The first-order valence-electron chi connectivity index (χ1n) is 5.91. The van der Waals surface area contributed by atoms with Crippen molar-refractivity contribution in [1.29, 1.82) is 0 Å². The van der Waals surface area contributed by atoms with Gasteiger partial charge in [-0.1, -0.05) is 0 Å². The quantitative estimate of drug-likeness (QED) is 0.845. The minimum atomic E-state index is -0.419. The molecule has 0 saturated heterocycles. The molecule has 7 nitrogen and oxygen atoms in total. The van der Waals surface area contributed by atoms with Crippen LogP contribution in [0.2, 0.25) is 0 Å². The summed E-state index contributed by atoms with van der Waals surface area (Å²) in [7, 11) is 0. The summed E-state index contributed by atoms with van der Waals surface area (Å²) in [6.45, 7) is 3.74. The zero-order valence-electron chi connectivity index (χ0n) is 11.0. The van der Waals surface area contributed by atoms with Gasteiger partial charge in [-0.3, -0.25) is 14.9 Å². The predicted octanol–water partition coefficient (Wildman–Crippen LogP) is 1.80. The minimum absolute atomic E-state index is 0.0849. The summed E-state index contributed by atoms with van der Waals surface area (Å²) in [5.74, 6) is -0.620. The van der Waals surface area contributed by atoms with E-state index < -0.39 is 5.91 Å². The molecular formula is C12H13N3O4S. The number of aryl methyl sites for hydroxylation is 1. The van der Waals surface area contributed by atoms with E-state index in [1.165, 1.54) is 17.7 Å². The molecule has 1 amide bonds. The van der Waals surface area contributed by atoms with Crippen molar-refractivity contribution in [3.05, 3.63) is 28.9 Å². The molecule has 106 valence electrons. The van der Waals surface area contributed by atoms with Gasteiger partial charge in [-0.25, -0.2) is 9.97 Å². The lowest BCUT2D eigenvalue weighted by Gasteiger charge is -1.99. The Morgan fingerprint density at radius 1 is 1.50 bits per heavy atom. The number of hydrogen-bond donors (Lipinski definition) is 1. The molecule has 0 spiro atoms. The molecule has 0 aromatic carbocycles. The molecule has 0 aliphatic carbocycles. The Balaban J connectivity index is 1.98. The van der Waals surface area contributed by atoms with Crippen molar-refractivity contribution >= 4 is 28.3 Å². The molecule has 8 heteroatoms. The summed E-state index contributed by atoms with van der Waals surface area (Å²) >= 11 is 1.23. The van der Waals surface area contributed by atoms with E-state index in [0.29, 0.717) is 23.1 Å². The first-order chi connectivity index (χ1) is 9.60. The number of carbonyl (C=O) groups is 2. The lowest BCUT2D eigenvalue weighted by molar-refractivity contribution is -0.142. The molecule has 0 unspecified atom stereocenters. The molecule has 1 N–H and O–H groups in total. The van der Waals surface area contributed by atoms with Crippen LogP contribution in [0.3, 0.4) is 0 Å². The normalized spacial score (nSPS) is 10.3. The predicted molar refractivity (Wildman–Crippen MR) is 71.6 cm³/mol. The highest BCUT2D eigenvalue weighted by molar-refractivity contribution is 7.14. The molecule has 0 bridgehead atoms. The van der Waals surface area contributed by atoms with E-state index in [0.717, 1.165) is 0 Å². The van der Waals surface area contributed by atoms with Gasteiger partial charge in [-0.2, -0.15) is 0 Å². The maximum Gasteiger partial charge on any atom is 0.311 e. The maximum absolute atomic E-state index is 11.9. The van der Waals surface area contributed by atoms with Crippen LogP contribution in [0, 0.1) is 6.92 Å². The highest BCUT2D eigenvalue weighted by Crippen LogP contribution is 2.17. The molecule has 0 aliphatic heterocycles. The fourth-order valence-corrected chi connectivity index (χ4v) is 2.18. The van der Waals surface area contributed by atoms with E-state index in [1.54, 1.807) is 19.2 Å². The lowest BCUT2D eigenvalue weighted by Crippen LogP contribution is -2.12. The van der Waals surface area contributed by atoms with Crippen LogP contribution in [0.4, 0.5) is 5.13 Å². The SMILES string of the molecule is CCOC(=O)Cc1csc(NC(=O)c2ocnc2C)n1. The standard InChI is InChI=1S/C12H13N3O4S/c1-3-18-9(16)4-8-5-20-12(14-8)15-11(17)10-7(2)13-6-19-10/h5-6H,3-4H2,1-2H3,(H,14,15,17). The first-order valence-corrected chi connectivity index (χ1v) is 6.79. The number of anilines is 1. The van der Waals surface area contributed by atoms with E-state index in [-0.39, 0.29) is 18.2 Å². The first kappa shape index (κ1) is 14.2. The van der Waals surface area contributed by atoms with Crippen molar-refractivity contribution in [3.63, 3.8) is 0 Å². The molecule has 2 aromatic rings. The Labute approximate surface area is 119 Å². The van der Waals surface area contributed by atoms with Crippen molar-refractivity contribution < 1.29 is 18.7 Å². The highest BCUT2D eigenvalue weighted by atomic mass is 32.1. The topological polar surface area (TPSA) is 94.3 Å². The number of ether oxygens (including phenoxy) is 1. The molecule has 0 saturated carbocycles. The molecule has 0 aliphatic rings. The fraction of sp³-hybridized carbons (Fsp3) is 0.333. The third-order valence-corrected chi connectivity index (χ3v) is 3.16. The maximum atomic E-state index is 11.9. The summed E-state index contributed by atoms with van der Waals surface area (Å²) < 4.78 is 9.81. The van der Waals surface area contributed by atoms with E-state index in [1.807, 2.05) is 0 Å². The fourth-order valence-electron chi connectivity index (χ4n) is 1.48. The third kappa shape index (κ3) is 3.41.